The number of fused-ring (bicyclic) bond motifs is 1. The fraction of sp³-hybridized carbons (Fsp3) is 0.158. The van der Waals surface area contributed by atoms with E-state index in [1.54, 1.807) is 6.20 Å². The van der Waals surface area contributed by atoms with Crippen LogP contribution < -0.4 is 10.2 Å². The smallest absolute Gasteiger partial charge is 0.265 e. The second-order valence-corrected chi connectivity index (χ2v) is 6.72. The van der Waals surface area contributed by atoms with Crippen molar-refractivity contribution >= 4 is 28.7 Å². The summed E-state index contributed by atoms with van der Waals surface area (Å²) in [5.74, 6) is 0.852. The van der Waals surface area contributed by atoms with Crippen molar-refractivity contribution in [2.75, 3.05) is 16.8 Å². The number of amides is 1. The quantitative estimate of drug-likeness (QED) is 0.788. The summed E-state index contributed by atoms with van der Waals surface area (Å²) in [5, 5.41) is 4.77. The van der Waals surface area contributed by atoms with Gasteiger partial charge in [-0.1, -0.05) is 30.3 Å². The molecule has 1 N–H and O–H groups in total. The molecule has 3 aromatic rings. The molecular formula is C19H17N3OS. The molecule has 24 heavy (non-hydrogen) atoms. The molecule has 5 heteroatoms. The standard InChI is InChI=1S/C19H17N3OS/c23-19(17-6-3-11-24-17)21-16-7-8-18(20-12-16)22-10-9-14-4-1-2-5-15(14)13-22/h1-8,11-12H,9-10,13H2,(H,21,23). The highest BCUT2D eigenvalue weighted by molar-refractivity contribution is 7.12. The zero-order valence-electron chi connectivity index (χ0n) is 13.1. The first-order valence-electron chi connectivity index (χ1n) is 7.92. The molecule has 0 radical (unpaired) electrons. The molecule has 0 unspecified atom stereocenters. The van der Waals surface area contributed by atoms with Crippen LogP contribution in [0, 0.1) is 0 Å². The van der Waals surface area contributed by atoms with Crippen LogP contribution in [0.4, 0.5) is 11.5 Å². The summed E-state index contributed by atoms with van der Waals surface area (Å²) >= 11 is 1.43. The van der Waals surface area contributed by atoms with Crippen LogP contribution in [-0.2, 0) is 13.0 Å². The van der Waals surface area contributed by atoms with Gasteiger partial charge in [0.2, 0.25) is 0 Å². The number of anilines is 2. The van der Waals surface area contributed by atoms with E-state index in [4.69, 9.17) is 0 Å². The van der Waals surface area contributed by atoms with E-state index in [0.717, 1.165) is 31.0 Å². The molecule has 0 saturated carbocycles. The van der Waals surface area contributed by atoms with E-state index in [1.165, 1.54) is 22.5 Å². The van der Waals surface area contributed by atoms with Gasteiger partial charge in [-0.3, -0.25) is 4.79 Å². The average Bonchev–Trinajstić information content (AvgIpc) is 3.17. The van der Waals surface area contributed by atoms with E-state index in [1.807, 2.05) is 29.6 Å². The highest BCUT2D eigenvalue weighted by Crippen LogP contribution is 2.23. The first kappa shape index (κ1) is 14.9. The fourth-order valence-electron chi connectivity index (χ4n) is 2.94. The average molecular weight is 335 g/mol. The number of pyridine rings is 1. The third-order valence-electron chi connectivity index (χ3n) is 4.21. The zero-order chi connectivity index (χ0) is 16.4. The number of carbonyl (C=O) groups excluding carboxylic acids is 1. The summed E-state index contributed by atoms with van der Waals surface area (Å²) in [6.07, 6.45) is 2.76. The molecule has 120 valence electrons. The molecule has 2 aromatic heterocycles. The number of hydrogen-bond donors (Lipinski definition) is 1. The molecule has 1 aromatic carbocycles. The van der Waals surface area contributed by atoms with Crippen molar-refractivity contribution in [3.63, 3.8) is 0 Å². The van der Waals surface area contributed by atoms with Crippen LogP contribution in [0.3, 0.4) is 0 Å². The van der Waals surface area contributed by atoms with Crippen LogP contribution >= 0.6 is 11.3 Å². The number of rotatable bonds is 3. The number of aromatic nitrogens is 1. The Morgan fingerprint density at radius 3 is 2.71 bits per heavy atom. The fourth-order valence-corrected chi connectivity index (χ4v) is 3.56. The maximum absolute atomic E-state index is 12.1. The van der Waals surface area contributed by atoms with Gasteiger partial charge in [0, 0.05) is 13.1 Å². The molecule has 0 atom stereocenters. The normalized spacial score (nSPS) is 13.4. The second kappa shape index (κ2) is 6.45. The number of thiophene rings is 1. The lowest BCUT2D eigenvalue weighted by atomic mass is 10.00. The number of carbonyl (C=O) groups is 1. The third kappa shape index (κ3) is 3.03. The van der Waals surface area contributed by atoms with E-state index in [0.29, 0.717) is 4.88 Å². The first-order chi connectivity index (χ1) is 11.8. The van der Waals surface area contributed by atoms with E-state index in [2.05, 4.69) is 39.5 Å². The molecule has 0 bridgehead atoms. The molecule has 1 amide bonds. The molecule has 4 rings (SSSR count). The van der Waals surface area contributed by atoms with Crippen molar-refractivity contribution in [2.24, 2.45) is 0 Å². The van der Waals surface area contributed by atoms with Gasteiger partial charge < -0.3 is 10.2 Å². The predicted octanol–water partition coefficient (Wildman–Crippen LogP) is 3.96. The monoisotopic (exact) mass is 335 g/mol. The number of nitrogens with zero attached hydrogens (tertiary/aromatic N) is 2. The van der Waals surface area contributed by atoms with Crippen molar-refractivity contribution in [2.45, 2.75) is 13.0 Å². The van der Waals surface area contributed by atoms with E-state index >= 15 is 0 Å². The first-order valence-corrected chi connectivity index (χ1v) is 8.80. The van der Waals surface area contributed by atoms with Gasteiger partial charge in [-0.25, -0.2) is 4.98 Å². The van der Waals surface area contributed by atoms with Crippen molar-refractivity contribution in [1.82, 2.24) is 4.98 Å². The Morgan fingerprint density at radius 2 is 1.96 bits per heavy atom. The van der Waals surface area contributed by atoms with Gasteiger partial charge in [0.15, 0.2) is 0 Å². The van der Waals surface area contributed by atoms with Gasteiger partial charge in [-0.05, 0) is 41.1 Å². The summed E-state index contributed by atoms with van der Waals surface area (Å²) in [7, 11) is 0. The summed E-state index contributed by atoms with van der Waals surface area (Å²) in [6.45, 7) is 1.84. The van der Waals surface area contributed by atoms with Crippen LogP contribution in [0.5, 0.6) is 0 Å². The molecule has 1 aliphatic rings. The van der Waals surface area contributed by atoms with Crippen LogP contribution in [0.1, 0.15) is 20.8 Å². The van der Waals surface area contributed by atoms with Gasteiger partial charge in [0.25, 0.3) is 5.91 Å². The van der Waals surface area contributed by atoms with Crippen molar-refractivity contribution < 1.29 is 4.79 Å². The lowest BCUT2D eigenvalue weighted by Gasteiger charge is -2.29. The Bertz CT molecular complexity index is 843. The summed E-state index contributed by atoms with van der Waals surface area (Å²) in [6, 6.07) is 16.1. The highest BCUT2D eigenvalue weighted by atomic mass is 32.1. The van der Waals surface area contributed by atoms with Gasteiger partial charge >= 0.3 is 0 Å². The maximum atomic E-state index is 12.1. The minimum Gasteiger partial charge on any atom is -0.352 e. The topological polar surface area (TPSA) is 45.2 Å². The van der Waals surface area contributed by atoms with Gasteiger partial charge in [0.1, 0.15) is 5.82 Å². The van der Waals surface area contributed by atoms with E-state index in [-0.39, 0.29) is 5.91 Å². The summed E-state index contributed by atoms with van der Waals surface area (Å²) < 4.78 is 0. The molecule has 0 saturated heterocycles. The van der Waals surface area contributed by atoms with Crippen molar-refractivity contribution in [3.05, 3.63) is 76.1 Å². The number of nitrogens with one attached hydrogen (secondary N) is 1. The Hall–Kier alpha value is -2.66. The summed E-state index contributed by atoms with van der Waals surface area (Å²) in [4.78, 5) is 19.6. The number of benzene rings is 1. The minimum absolute atomic E-state index is 0.0913. The molecular weight excluding hydrogens is 318 g/mol. The zero-order valence-corrected chi connectivity index (χ0v) is 13.9. The number of hydrogen-bond acceptors (Lipinski definition) is 4. The summed E-state index contributed by atoms with van der Waals surface area (Å²) in [5.41, 5.74) is 3.50. The van der Waals surface area contributed by atoms with Crippen molar-refractivity contribution in [3.8, 4) is 0 Å². The lowest BCUT2D eigenvalue weighted by molar-refractivity contribution is 0.103. The molecule has 0 aliphatic carbocycles. The van der Waals surface area contributed by atoms with Gasteiger partial charge in [-0.2, -0.15) is 0 Å². The molecule has 1 aliphatic heterocycles. The lowest BCUT2D eigenvalue weighted by Crippen LogP contribution is -2.30. The second-order valence-electron chi connectivity index (χ2n) is 5.78. The van der Waals surface area contributed by atoms with E-state index < -0.39 is 0 Å². The van der Waals surface area contributed by atoms with Gasteiger partial charge in [-0.15, -0.1) is 11.3 Å². The van der Waals surface area contributed by atoms with Gasteiger partial charge in [0.05, 0.1) is 16.8 Å². The molecule has 4 nitrogen and oxygen atoms in total. The molecule has 0 fully saturated rings. The minimum atomic E-state index is -0.0913. The predicted molar refractivity (Wildman–Crippen MR) is 97.7 cm³/mol. The van der Waals surface area contributed by atoms with Crippen molar-refractivity contribution in [1.29, 1.82) is 0 Å². The third-order valence-corrected chi connectivity index (χ3v) is 5.07. The Kier molecular flexibility index (Phi) is 4.01. The Balaban J connectivity index is 1.46. The van der Waals surface area contributed by atoms with E-state index in [9.17, 15) is 4.79 Å². The molecule has 0 spiro atoms. The van der Waals surface area contributed by atoms with Crippen LogP contribution in [0.15, 0.2) is 60.1 Å². The highest BCUT2D eigenvalue weighted by Gasteiger charge is 2.17. The molecule has 3 heterocycles. The Morgan fingerprint density at radius 1 is 1.08 bits per heavy atom. The largest absolute Gasteiger partial charge is 0.352 e. The van der Waals surface area contributed by atoms with Crippen LogP contribution in [0.25, 0.3) is 0 Å². The Labute approximate surface area is 144 Å². The van der Waals surface area contributed by atoms with Crippen LogP contribution in [-0.4, -0.2) is 17.4 Å². The van der Waals surface area contributed by atoms with Crippen LogP contribution in [0.2, 0.25) is 0 Å². The SMILES string of the molecule is O=C(Nc1ccc(N2CCc3ccccc3C2)nc1)c1cccs1. The maximum Gasteiger partial charge on any atom is 0.265 e.